The van der Waals surface area contributed by atoms with E-state index in [4.69, 9.17) is 4.74 Å². The van der Waals surface area contributed by atoms with Crippen molar-refractivity contribution in [3.8, 4) is 0 Å². The van der Waals surface area contributed by atoms with Crippen molar-refractivity contribution in [3.05, 3.63) is 0 Å². The van der Waals surface area contributed by atoms with Gasteiger partial charge in [0.1, 0.15) is 0 Å². The van der Waals surface area contributed by atoms with Crippen molar-refractivity contribution in [2.24, 2.45) is 5.92 Å². The maximum Gasteiger partial charge on any atom is 0.309 e. The van der Waals surface area contributed by atoms with Gasteiger partial charge in [0.15, 0.2) is 0 Å². The molecule has 0 aromatic heterocycles. The third-order valence-electron chi connectivity index (χ3n) is 2.33. The Hall–Kier alpha value is -0.570. The van der Waals surface area contributed by atoms with Gasteiger partial charge in [0.2, 0.25) is 0 Å². The Morgan fingerprint density at radius 2 is 2.15 bits per heavy atom. The number of rotatable bonds is 2. The van der Waals surface area contributed by atoms with Gasteiger partial charge in [-0.1, -0.05) is 6.42 Å². The first-order chi connectivity index (χ1) is 6.09. The molecular weight excluding hydrogens is 168 g/mol. The van der Waals surface area contributed by atoms with E-state index < -0.39 is 0 Å². The Kier molecular flexibility index (Phi) is 3.72. The zero-order valence-corrected chi connectivity index (χ0v) is 8.32. The molecule has 3 heteroatoms. The van der Waals surface area contributed by atoms with Crippen molar-refractivity contribution < 1.29 is 14.6 Å². The molecule has 0 aliphatic heterocycles. The lowest BCUT2D eigenvalue weighted by molar-refractivity contribution is -0.154. The minimum Gasteiger partial charge on any atom is -0.463 e. The third-order valence-corrected chi connectivity index (χ3v) is 2.33. The summed E-state index contributed by atoms with van der Waals surface area (Å²) in [6.07, 6.45) is 2.84. The van der Waals surface area contributed by atoms with Crippen LogP contribution < -0.4 is 0 Å². The van der Waals surface area contributed by atoms with Gasteiger partial charge in [0.25, 0.3) is 0 Å². The van der Waals surface area contributed by atoms with E-state index in [2.05, 4.69) is 0 Å². The molecule has 1 aliphatic rings. The van der Waals surface area contributed by atoms with Crippen LogP contribution in [0.1, 0.15) is 39.5 Å². The van der Waals surface area contributed by atoms with Crippen LogP contribution in [0.2, 0.25) is 0 Å². The molecule has 13 heavy (non-hydrogen) atoms. The van der Waals surface area contributed by atoms with Crippen molar-refractivity contribution in [1.82, 2.24) is 0 Å². The Balaban J connectivity index is 2.37. The molecule has 1 rings (SSSR count). The van der Waals surface area contributed by atoms with Crippen LogP contribution in [0.25, 0.3) is 0 Å². The molecule has 1 N–H and O–H groups in total. The van der Waals surface area contributed by atoms with E-state index in [1.807, 2.05) is 13.8 Å². The molecule has 0 amide bonds. The van der Waals surface area contributed by atoms with Gasteiger partial charge in [0.05, 0.1) is 18.1 Å². The average Bonchev–Trinajstić information content (AvgIpc) is 2.03. The van der Waals surface area contributed by atoms with Crippen LogP contribution in [0.3, 0.4) is 0 Å². The van der Waals surface area contributed by atoms with E-state index in [0.717, 1.165) is 19.3 Å². The van der Waals surface area contributed by atoms with Crippen molar-refractivity contribution in [1.29, 1.82) is 0 Å². The fourth-order valence-electron chi connectivity index (χ4n) is 1.71. The van der Waals surface area contributed by atoms with Crippen molar-refractivity contribution >= 4 is 5.97 Å². The van der Waals surface area contributed by atoms with Gasteiger partial charge in [-0.05, 0) is 33.1 Å². The highest BCUT2D eigenvalue weighted by atomic mass is 16.5. The summed E-state index contributed by atoms with van der Waals surface area (Å²) in [6, 6.07) is 0. The normalized spacial score (nSPS) is 28.9. The molecule has 0 aromatic rings. The first-order valence-electron chi connectivity index (χ1n) is 4.98. The summed E-state index contributed by atoms with van der Waals surface area (Å²) in [5.41, 5.74) is 0. The minimum absolute atomic E-state index is 0.0495. The number of carbonyl (C=O) groups excluding carboxylic acids is 1. The maximum atomic E-state index is 11.4. The molecule has 3 nitrogen and oxygen atoms in total. The van der Waals surface area contributed by atoms with Gasteiger partial charge in [-0.2, -0.15) is 0 Å². The third kappa shape index (κ3) is 3.35. The fraction of sp³-hybridized carbons (Fsp3) is 0.900. The second-order valence-electron chi connectivity index (χ2n) is 4.00. The summed E-state index contributed by atoms with van der Waals surface area (Å²) in [6.45, 7) is 3.69. The summed E-state index contributed by atoms with van der Waals surface area (Å²) in [4.78, 5) is 11.4. The molecule has 1 aliphatic carbocycles. The van der Waals surface area contributed by atoms with E-state index >= 15 is 0 Å². The molecule has 1 fully saturated rings. The lowest BCUT2D eigenvalue weighted by Gasteiger charge is -2.24. The zero-order valence-electron chi connectivity index (χ0n) is 8.32. The lowest BCUT2D eigenvalue weighted by Crippen LogP contribution is -2.28. The highest BCUT2D eigenvalue weighted by molar-refractivity contribution is 5.72. The van der Waals surface area contributed by atoms with Gasteiger partial charge >= 0.3 is 5.97 Å². The number of esters is 1. The van der Waals surface area contributed by atoms with Gasteiger partial charge in [-0.15, -0.1) is 0 Å². The predicted octanol–water partition coefficient (Wildman–Crippen LogP) is 1.49. The second-order valence-corrected chi connectivity index (χ2v) is 4.00. The first kappa shape index (κ1) is 10.5. The van der Waals surface area contributed by atoms with E-state index in [1.165, 1.54) is 0 Å². The summed E-state index contributed by atoms with van der Waals surface area (Å²) < 4.78 is 5.09. The number of carbonyl (C=O) groups is 1. The quantitative estimate of drug-likeness (QED) is 0.664. The summed E-state index contributed by atoms with van der Waals surface area (Å²) in [5, 5.41) is 9.35. The first-order valence-corrected chi connectivity index (χ1v) is 4.98. The largest absolute Gasteiger partial charge is 0.463 e. The molecular formula is C10H18O3. The van der Waals surface area contributed by atoms with Gasteiger partial charge < -0.3 is 9.84 Å². The summed E-state index contributed by atoms with van der Waals surface area (Å²) in [5.74, 6) is -0.222. The standard InChI is InChI=1S/C10H18O3/c1-7(2)13-10(12)8-4-3-5-9(11)6-8/h7-9,11H,3-6H2,1-2H3. The molecule has 76 valence electrons. The van der Waals surface area contributed by atoms with Crippen molar-refractivity contribution in [2.45, 2.75) is 51.7 Å². The Bertz CT molecular complexity index is 177. The number of hydrogen-bond acceptors (Lipinski definition) is 3. The van der Waals surface area contributed by atoms with Crippen LogP contribution in [0.15, 0.2) is 0 Å². The van der Waals surface area contributed by atoms with E-state index in [9.17, 15) is 9.90 Å². The molecule has 0 aromatic carbocycles. The molecule has 0 saturated heterocycles. The monoisotopic (exact) mass is 186 g/mol. The number of ether oxygens (including phenoxy) is 1. The van der Waals surface area contributed by atoms with Crippen LogP contribution in [-0.2, 0) is 9.53 Å². The molecule has 0 spiro atoms. The average molecular weight is 186 g/mol. The number of aliphatic hydroxyl groups excluding tert-OH is 1. The maximum absolute atomic E-state index is 11.4. The van der Waals surface area contributed by atoms with Crippen LogP contribution >= 0.6 is 0 Å². The van der Waals surface area contributed by atoms with Crippen LogP contribution in [0, 0.1) is 5.92 Å². The van der Waals surface area contributed by atoms with Gasteiger partial charge in [-0.3, -0.25) is 4.79 Å². The Morgan fingerprint density at radius 1 is 1.46 bits per heavy atom. The highest BCUT2D eigenvalue weighted by Crippen LogP contribution is 2.25. The topological polar surface area (TPSA) is 46.5 Å². The summed E-state index contributed by atoms with van der Waals surface area (Å²) >= 11 is 0. The van der Waals surface area contributed by atoms with Crippen LogP contribution in [0.4, 0.5) is 0 Å². The Morgan fingerprint density at radius 3 is 2.69 bits per heavy atom. The lowest BCUT2D eigenvalue weighted by atomic mass is 9.87. The molecule has 1 saturated carbocycles. The van der Waals surface area contributed by atoms with Crippen LogP contribution in [-0.4, -0.2) is 23.3 Å². The van der Waals surface area contributed by atoms with E-state index in [0.29, 0.717) is 6.42 Å². The SMILES string of the molecule is CC(C)OC(=O)C1CCCC(O)C1. The smallest absolute Gasteiger partial charge is 0.309 e. The minimum atomic E-state index is -0.307. The molecule has 2 atom stereocenters. The highest BCUT2D eigenvalue weighted by Gasteiger charge is 2.27. The summed E-state index contributed by atoms with van der Waals surface area (Å²) in [7, 11) is 0. The van der Waals surface area contributed by atoms with E-state index in [1.54, 1.807) is 0 Å². The van der Waals surface area contributed by atoms with Crippen LogP contribution in [0.5, 0.6) is 0 Å². The predicted molar refractivity (Wildman–Crippen MR) is 49.2 cm³/mol. The molecule has 0 heterocycles. The Labute approximate surface area is 79.1 Å². The van der Waals surface area contributed by atoms with Gasteiger partial charge in [-0.25, -0.2) is 0 Å². The number of aliphatic hydroxyl groups is 1. The second kappa shape index (κ2) is 4.61. The number of hydrogen-bond donors (Lipinski definition) is 1. The van der Waals surface area contributed by atoms with Crippen molar-refractivity contribution in [2.75, 3.05) is 0 Å². The molecule has 0 bridgehead atoms. The van der Waals surface area contributed by atoms with Gasteiger partial charge in [0, 0.05) is 0 Å². The van der Waals surface area contributed by atoms with E-state index in [-0.39, 0.29) is 24.1 Å². The zero-order chi connectivity index (χ0) is 9.84. The molecule has 2 unspecified atom stereocenters. The fourth-order valence-corrected chi connectivity index (χ4v) is 1.71. The molecule has 0 radical (unpaired) electrons. The van der Waals surface area contributed by atoms with Crippen molar-refractivity contribution in [3.63, 3.8) is 0 Å².